The Morgan fingerprint density at radius 1 is 1.00 bits per heavy atom. The van der Waals surface area contributed by atoms with E-state index in [2.05, 4.69) is 15.6 Å². The van der Waals surface area contributed by atoms with Gasteiger partial charge in [-0.25, -0.2) is 8.96 Å². The largest absolute Gasteiger partial charge is 0.296 e. The summed E-state index contributed by atoms with van der Waals surface area (Å²) >= 11 is 0. The molecule has 0 aliphatic heterocycles. The first kappa shape index (κ1) is 13.7. The van der Waals surface area contributed by atoms with Gasteiger partial charge in [0.25, 0.3) is 5.82 Å². The fourth-order valence-electron chi connectivity index (χ4n) is 2.73. The van der Waals surface area contributed by atoms with Gasteiger partial charge in [0.15, 0.2) is 5.52 Å². The van der Waals surface area contributed by atoms with Crippen LogP contribution in [0.4, 0.5) is 4.39 Å². The van der Waals surface area contributed by atoms with Gasteiger partial charge in [-0.15, -0.1) is 0 Å². The van der Waals surface area contributed by atoms with Crippen molar-refractivity contribution in [1.29, 1.82) is 0 Å². The molecule has 0 saturated carbocycles. The van der Waals surface area contributed by atoms with E-state index < -0.39 is 0 Å². The first-order chi connectivity index (χ1) is 9.99. The molecule has 0 atom stereocenters. The van der Waals surface area contributed by atoms with Crippen molar-refractivity contribution in [2.75, 3.05) is 0 Å². The number of rotatable bonds is 1. The molecule has 0 radical (unpaired) electrons. The number of benzene rings is 2. The van der Waals surface area contributed by atoms with Crippen LogP contribution in [-0.4, -0.2) is 4.98 Å². The lowest BCUT2D eigenvalue weighted by atomic mass is 9.98. The molecular formula is C18H18FN2+. The highest BCUT2D eigenvalue weighted by Gasteiger charge is 2.20. The van der Waals surface area contributed by atoms with Crippen LogP contribution in [0, 0.1) is 26.6 Å². The molecule has 0 bridgehead atoms. The summed E-state index contributed by atoms with van der Waals surface area (Å²) in [6, 6.07) is 11.6. The van der Waals surface area contributed by atoms with E-state index in [1.807, 2.05) is 45.2 Å². The van der Waals surface area contributed by atoms with Gasteiger partial charge in [0, 0.05) is 12.5 Å². The first-order valence-corrected chi connectivity index (χ1v) is 7.01. The van der Waals surface area contributed by atoms with Crippen LogP contribution in [-0.2, 0) is 7.05 Å². The maximum atomic E-state index is 13.7. The molecule has 0 saturated heterocycles. The van der Waals surface area contributed by atoms with Crippen molar-refractivity contribution in [2.24, 2.45) is 7.05 Å². The van der Waals surface area contributed by atoms with Gasteiger partial charge >= 0.3 is 0 Å². The van der Waals surface area contributed by atoms with E-state index in [9.17, 15) is 4.39 Å². The summed E-state index contributed by atoms with van der Waals surface area (Å²) < 4.78 is 15.8. The average Bonchev–Trinajstić information content (AvgIpc) is 2.45. The fourth-order valence-corrected chi connectivity index (χ4v) is 2.73. The lowest BCUT2D eigenvalue weighted by Crippen LogP contribution is -2.36. The quantitative estimate of drug-likeness (QED) is 0.620. The van der Waals surface area contributed by atoms with Gasteiger partial charge in [-0.05, 0) is 54.2 Å². The zero-order chi connectivity index (χ0) is 15.1. The zero-order valence-corrected chi connectivity index (χ0v) is 12.7. The number of fused-ring (bicyclic) bond motifs is 1. The minimum Gasteiger partial charge on any atom is -0.230 e. The third-order valence-electron chi connectivity index (χ3n) is 4.02. The van der Waals surface area contributed by atoms with Crippen LogP contribution in [0.5, 0.6) is 0 Å². The molecule has 0 amide bonds. The third-order valence-corrected chi connectivity index (χ3v) is 4.02. The molecule has 3 aromatic rings. The summed E-state index contributed by atoms with van der Waals surface area (Å²) in [4.78, 5) is 4.62. The number of aromatic nitrogens is 2. The molecule has 106 valence electrons. The van der Waals surface area contributed by atoms with E-state index in [-0.39, 0.29) is 5.82 Å². The Morgan fingerprint density at radius 2 is 1.71 bits per heavy atom. The van der Waals surface area contributed by atoms with E-state index >= 15 is 0 Å². The summed E-state index contributed by atoms with van der Waals surface area (Å²) in [7, 11) is 2.00. The highest BCUT2D eigenvalue weighted by Crippen LogP contribution is 2.29. The second-order valence-electron chi connectivity index (χ2n) is 5.50. The summed E-state index contributed by atoms with van der Waals surface area (Å²) in [5.41, 5.74) is 4.69. The number of nitrogens with zero attached hydrogens (tertiary/aromatic N) is 2. The van der Waals surface area contributed by atoms with Crippen molar-refractivity contribution >= 4 is 10.9 Å². The number of para-hydroxylation sites is 1. The third kappa shape index (κ3) is 2.19. The van der Waals surface area contributed by atoms with Gasteiger partial charge < -0.3 is 0 Å². The molecule has 2 aromatic carbocycles. The van der Waals surface area contributed by atoms with Crippen LogP contribution in [0.25, 0.3) is 22.2 Å². The Labute approximate surface area is 123 Å². The molecule has 0 spiro atoms. The molecule has 1 aromatic heterocycles. The van der Waals surface area contributed by atoms with Gasteiger partial charge in [-0.3, -0.25) is 0 Å². The molecular weight excluding hydrogens is 263 g/mol. The fraction of sp³-hybridized carbons (Fsp3) is 0.222. The Morgan fingerprint density at radius 3 is 2.48 bits per heavy atom. The molecule has 3 heteroatoms. The highest BCUT2D eigenvalue weighted by atomic mass is 19.1. The second kappa shape index (κ2) is 4.92. The molecule has 0 unspecified atom stereocenters. The van der Waals surface area contributed by atoms with Crippen molar-refractivity contribution in [3.63, 3.8) is 0 Å². The molecule has 1 heterocycles. The van der Waals surface area contributed by atoms with Crippen LogP contribution in [0.1, 0.15) is 17.0 Å². The summed E-state index contributed by atoms with van der Waals surface area (Å²) in [5.74, 6) is 0.777. The Bertz CT molecular complexity index is 853. The van der Waals surface area contributed by atoms with E-state index in [1.54, 1.807) is 13.0 Å². The minimum absolute atomic E-state index is 0.158. The smallest absolute Gasteiger partial charge is 0.230 e. The van der Waals surface area contributed by atoms with Crippen molar-refractivity contribution in [1.82, 2.24) is 4.98 Å². The highest BCUT2D eigenvalue weighted by molar-refractivity contribution is 5.91. The topological polar surface area (TPSA) is 16.8 Å². The van der Waals surface area contributed by atoms with Crippen molar-refractivity contribution < 1.29 is 8.96 Å². The zero-order valence-electron chi connectivity index (χ0n) is 12.7. The van der Waals surface area contributed by atoms with Crippen LogP contribution in [0.15, 0.2) is 36.4 Å². The number of hydrogen-bond donors (Lipinski definition) is 0. The van der Waals surface area contributed by atoms with Crippen molar-refractivity contribution in [3.05, 3.63) is 59.2 Å². The predicted octanol–water partition coefficient (Wildman–Crippen LogP) is 3.79. The Kier molecular flexibility index (Phi) is 3.20. The minimum atomic E-state index is -0.158. The lowest BCUT2D eigenvalue weighted by Gasteiger charge is -2.11. The van der Waals surface area contributed by atoms with Crippen LogP contribution in [0.2, 0.25) is 0 Å². The molecule has 0 aliphatic rings. The molecule has 3 rings (SSSR count). The second-order valence-corrected chi connectivity index (χ2v) is 5.50. The normalized spacial score (nSPS) is 11.1. The molecule has 0 fully saturated rings. The van der Waals surface area contributed by atoms with Crippen LogP contribution >= 0.6 is 0 Å². The average molecular weight is 281 g/mol. The van der Waals surface area contributed by atoms with Crippen molar-refractivity contribution in [2.45, 2.75) is 20.8 Å². The standard InChI is InChI=1S/C18H18FN2/c1-11-10-16(19)12(2)9-15(11)18-14-7-5-6-8-17(14)20-13(3)21(18)4/h5-10H,1-4H3/q+1. The SMILES string of the molecule is Cc1cc(-c2c3ccccc3nc(C)[n+]2C)c(C)cc1F. The summed E-state index contributed by atoms with van der Waals surface area (Å²) in [6.45, 7) is 5.73. The lowest BCUT2D eigenvalue weighted by molar-refractivity contribution is -0.668. The molecule has 0 aliphatic carbocycles. The van der Waals surface area contributed by atoms with Gasteiger partial charge in [0.2, 0.25) is 0 Å². The van der Waals surface area contributed by atoms with Gasteiger partial charge in [0.05, 0.1) is 12.4 Å². The van der Waals surface area contributed by atoms with Gasteiger partial charge in [-0.2, -0.15) is 0 Å². The number of aryl methyl sites for hydroxylation is 3. The van der Waals surface area contributed by atoms with Crippen LogP contribution in [0.3, 0.4) is 0 Å². The summed E-state index contributed by atoms with van der Waals surface area (Å²) in [5, 5.41) is 1.08. The van der Waals surface area contributed by atoms with E-state index in [0.29, 0.717) is 5.56 Å². The Hall–Kier alpha value is -2.29. The van der Waals surface area contributed by atoms with E-state index in [0.717, 1.165) is 33.5 Å². The number of halogens is 1. The predicted molar refractivity (Wildman–Crippen MR) is 82.5 cm³/mol. The molecule has 0 N–H and O–H groups in total. The molecule has 21 heavy (non-hydrogen) atoms. The van der Waals surface area contributed by atoms with Crippen molar-refractivity contribution in [3.8, 4) is 11.3 Å². The van der Waals surface area contributed by atoms with E-state index in [1.165, 1.54) is 0 Å². The monoisotopic (exact) mass is 281 g/mol. The maximum Gasteiger partial charge on any atom is 0.296 e. The summed E-state index contributed by atoms with van der Waals surface area (Å²) in [6.07, 6.45) is 0. The first-order valence-electron chi connectivity index (χ1n) is 7.01. The maximum absolute atomic E-state index is 13.7. The van der Waals surface area contributed by atoms with E-state index in [4.69, 9.17) is 0 Å². The van der Waals surface area contributed by atoms with Crippen LogP contribution < -0.4 is 4.57 Å². The Balaban J connectivity index is 2.45. The number of hydrogen-bond acceptors (Lipinski definition) is 1. The molecule has 2 nitrogen and oxygen atoms in total. The van der Waals surface area contributed by atoms with Gasteiger partial charge in [0.1, 0.15) is 11.5 Å². The van der Waals surface area contributed by atoms with Gasteiger partial charge in [-0.1, -0.05) is 12.1 Å².